The summed E-state index contributed by atoms with van der Waals surface area (Å²) < 4.78 is 6.31. The molecule has 40 heavy (non-hydrogen) atoms. The fraction of sp³-hybridized carbons (Fsp3) is 0.500. The first-order valence-corrected chi connectivity index (χ1v) is 16.9. The Bertz CT molecular complexity index is 1270. The van der Waals surface area contributed by atoms with Crippen LogP contribution in [0.1, 0.15) is 44.5 Å². The smallest absolute Gasteiger partial charge is 0.326 e. The lowest BCUT2D eigenvalue weighted by Gasteiger charge is -2.37. The van der Waals surface area contributed by atoms with E-state index < -0.39 is 32.3 Å². The molecule has 2 aromatic rings. The lowest BCUT2D eigenvalue weighted by atomic mass is 10.2. The van der Waals surface area contributed by atoms with E-state index in [1.54, 1.807) is 25.1 Å². The van der Waals surface area contributed by atoms with Crippen molar-refractivity contribution in [2.24, 2.45) is 0 Å². The summed E-state index contributed by atoms with van der Waals surface area (Å²) in [6, 6.07) is 3.48. The molecule has 0 radical (unpaired) electrons. The molecule has 1 aromatic heterocycles. The number of urea groups is 1. The zero-order valence-corrected chi connectivity index (χ0v) is 26.6. The highest BCUT2D eigenvalue weighted by molar-refractivity contribution is 6.74. The Morgan fingerprint density at radius 2 is 1.77 bits per heavy atom. The minimum atomic E-state index is -2.11. The number of rotatable bonds is 10. The molecule has 1 N–H and O–H groups in total. The van der Waals surface area contributed by atoms with E-state index in [9.17, 15) is 19.5 Å². The van der Waals surface area contributed by atoms with Gasteiger partial charge in [-0.25, -0.2) is 19.6 Å². The second kappa shape index (κ2) is 12.6. The minimum Gasteiger partial charge on any atom is -0.480 e. The molecule has 1 aliphatic heterocycles. The summed E-state index contributed by atoms with van der Waals surface area (Å²) in [7, 11) is -2.11. The number of anilines is 2. The van der Waals surface area contributed by atoms with Gasteiger partial charge in [-0.1, -0.05) is 62.5 Å². The van der Waals surface area contributed by atoms with Crippen molar-refractivity contribution in [2.45, 2.75) is 58.3 Å². The van der Waals surface area contributed by atoms with E-state index in [0.717, 1.165) is 0 Å². The van der Waals surface area contributed by atoms with Gasteiger partial charge in [-0.2, -0.15) is 0 Å². The summed E-state index contributed by atoms with van der Waals surface area (Å²) in [6.07, 6.45) is 1.45. The molecule has 1 atom stereocenters. The Morgan fingerprint density at radius 1 is 1.15 bits per heavy atom. The molecule has 218 valence electrons. The molecule has 1 fully saturated rings. The van der Waals surface area contributed by atoms with E-state index in [1.165, 1.54) is 21.0 Å². The predicted octanol–water partition coefficient (Wildman–Crippen LogP) is 6.21. The third-order valence-electron chi connectivity index (χ3n) is 7.42. The molecule has 1 unspecified atom stereocenters. The Balaban J connectivity index is 1.93. The van der Waals surface area contributed by atoms with Gasteiger partial charge in [0.2, 0.25) is 0 Å². The molecule has 2 heterocycles. The van der Waals surface area contributed by atoms with Crippen LogP contribution in [-0.4, -0.2) is 78.5 Å². The van der Waals surface area contributed by atoms with Crippen LogP contribution in [0.5, 0.6) is 0 Å². The SMILES string of the molecule is CCC(C(=O)O)N1CCN(c2ccc(N(CCO[Si](C)(C)C(C)(C)C)C(=O)c3c(Cl)ncnc3Cl)cc2Cl)C1=O. The number of carboxylic acids is 1. The standard InChI is InChI=1S/C26H34Cl3N5O5Si/c1-7-18(24(36)37)33-10-11-34(25(33)38)19-9-8-16(14-17(19)27)32(12-13-39-40(5,6)26(2,3)4)23(35)20-21(28)30-15-31-22(20)29/h8-9,14-15,18H,7,10-13H2,1-6H3,(H,36,37). The maximum atomic E-state index is 13.7. The van der Waals surface area contributed by atoms with Crippen LogP contribution in [-0.2, 0) is 9.22 Å². The van der Waals surface area contributed by atoms with Gasteiger partial charge in [-0.05, 0) is 42.8 Å². The van der Waals surface area contributed by atoms with Crippen molar-refractivity contribution >= 4 is 72.4 Å². The van der Waals surface area contributed by atoms with Gasteiger partial charge in [0.1, 0.15) is 28.2 Å². The quantitative estimate of drug-likeness (QED) is 0.245. The molecule has 1 saturated heterocycles. The number of aliphatic carboxylic acids is 1. The van der Waals surface area contributed by atoms with Gasteiger partial charge in [-0.3, -0.25) is 9.69 Å². The summed E-state index contributed by atoms with van der Waals surface area (Å²) in [5.74, 6) is -1.59. The van der Waals surface area contributed by atoms with Crippen molar-refractivity contribution in [3.05, 3.63) is 45.4 Å². The number of amides is 3. The van der Waals surface area contributed by atoms with Crippen LogP contribution < -0.4 is 9.80 Å². The monoisotopic (exact) mass is 629 g/mol. The number of hydrogen-bond donors (Lipinski definition) is 1. The van der Waals surface area contributed by atoms with Crippen molar-refractivity contribution in [3.8, 4) is 0 Å². The first-order chi connectivity index (χ1) is 18.6. The van der Waals surface area contributed by atoms with E-state index in [0.29, 0.717) is 11.4 Å². The zero-order chi connectivity index (χ0) is 30.0. The summed E-state index contributed by atoms with van der Waals surface area (Å²) in [5, 5.41) is 9.50. The van der Waals surface area contributed by atoms with Gasteiger partial charge in [-0.15, -0.1) is 0 Å². The number of hydrogen-bond acceptors (Lipinski definition) is 6. The molecule has 3 rings (SSSR count). The Morgan fingerprint density at radius 3 is 2.30 bits per heavy atom. The summed E-state index contributed by atoms with van der Waals surface area (Å²) in [4.78, 5) is 50.4. The van der Waals surface area contributed by atoms with Crippen molar-refractivity contribution < 1.29 is 23.9 Å². The van der Waals surface area contributed by atoms with Crippen molar-refractivity contribution in [1.82, 2.24) is 14.9 Å². The molecule has 3 amide bonds. The molecule has 1 aromatic carbocycles. The van der Waals surface area contributed by atoms with Crippen LogP contribution in [0.2, 0.25) is 33.5 Å². The molecule has 0 spiro atoms. The van der Waals surface area contributed by atoms with E-state index in [4.69, 9.17) is 39.2 Å². The lowest BCUT2D eigenvalue weighted by molar-refractivity contribution is -0.142. The maximum absolute atomic E-state index is 13.7. The van der Waals surface area contributed by atoms with Gasteiger partial charge in [0, 0.05) is 25.3 Å². The third kappa shape index (κ3) is 6.71. The Labute approximate surface area is 250 Å². The van der Waals surface area contributed by atoms with E-state index in [-0.39, 0.29) is 58.6 Å². The number of carbonyl (C=O) groups is 3. The lowest BCUT2D eigenvalue weighted by Crippen LogP contribution is -2.44. The second-order valence-electron chi connectivity index (χ2n) is 10.9. The van der Waals surface area contributed by atoms with E-state index in [2.05, 4.69) is 43.8 Å². The molecule has 0 saturated carbocycles. The maximum Gasteiger partial charge on any atom is 0.326 e. The van der Waals surface area contributed by atoms with E-state index in [1.807, 2.05) is 0 Å². The predicted molar refractivity (Wildman–Crippen MR) is 159 cm³/mol. The van der Waals surface area contributed by atoms with Crippen LogP contribution in [0.25, 0.3) is 0 Å². The average Bonchev–Trinajstić information content (AvgIpc) is 3.21. The van der Waals surface area contributed by atoms with Crippen LogP contribution in [0.15, 0.2) is 24.5 Å². The normalized spacial score (nSPS) is 15.0. The number of nitrogens with zero attached hydrogens (tertiary/aromatic N) is 5. The number of aromatic nitrogens is 2. The molecule has 0 bridgehead atoms. The summed E-state index contributed by atoms with van der Waals surface area (Å²) >= 11 is 19.1. The number of carbonyl (C=O) groups excluding carboxylic acids is 2. The van der Waals surface area contributed by atoms with Crippen LogP contribution in [0.4, 0.5) is 16.2 Å². The van der Waals surface area contributed by atoms with Crippen molar-refractivity contribution in [1.29, 1.82) is 0 Å². The summed E-state index contributed by atoms with van der Waals surface area (Å²) in [6.45, 7) is 13.3. The van der Waals surface area contributed by atoms with Gasteiger partial charge in [0.15, 0.2) is 8.32 Å². The molecule has 1 aliphatic rings. The highest BCUT2D eigenvalue weighted by Gasteiger charge is 2.39. The van der Waals surface area contributed by atoms with Gasteiger partial charge in [0.25, 0.3) is 5.91 Å². The fourth-order valence-electron chi connectivity index (χ4n) is 4.09. The fourth-order valence-corrected chi connectivity index (χ4v) is 5.88. The van der Waals surface area contributed by atoms with Crippen LogP contribution >= 0.6 is 34.8 Å². The first-order valence-electron chi connectivity index (χ1n) is 12.8. The van der Waals surface area contributed by atoms with Crippen molar-refractivity contribution in [2.75, 3.05) is 36.0 Å². The second-order valence-corrected chi connectivity index (χ2v) is 16.9. The number of halogens is 3. The Kier molecular flexibility index (Phi) is 10.1. The van der Waals surface area contributed by atoms with Gasteiger partial charge >= 0.3 is 12.0 Å². The number of carboxylic acid groups (broad SMARTS) is 1. The van der Waals surface area contributed by atoms with Gasteiger partial charge in [0.05, 0.1) is 17.3 Å². The third-order valence-corrected chi connectivity index (χ3v) is 12.8. The molecule has 14 heteroatoms. The Hall–Kier alpha value is -2.44. The van der Waals surface area contributed by atoms with Crippen LogP contribution in [0.3, 0.4) is 0 Å². The highest BCUT2D eigenvalue weighted by atomic mass is 35.5. The molecule has 0 aliphatic carbocycles. The van der Waals surface area contributed by atoms with E-state index >= 15 is 0 Å². The van der Waals surface area contributed by atoms with Gasteiger partial charge < -0.3 is 19.3 Å². The highest BCUT2D eigenvalue weighted by Crippen LogP contribution is 2.37. The summed E-state index contributed by atoms with van der Waals surface area (Å²) in [5.41, 5.74) is 0.777. The minimum absolute atomic E-state index is 0.0275. The topological polar surface area (TPSA) is 116 Å². The first kappa shape index (κ1) is 32.1. The zero-order valence-electron chi connectivity index (χ0n) is 23.4. The van der Waals surface area contributed by atoms with Crippen molar-refractivity contribution in [3.63, 3.8) is 0 Å². The number of benzene rings is 1. The molecular formula is C26H34Cl3N5O5Si. The van der Waals surface area contributed by atoms with Crippen LogP contribution in [0, 0.1) is 0 Å². The molecule has 10 nitrogen and oxygen atoms in total. The molecular weight excluding hydrogens is 597 g/mol. The average molecular weight is 631 g/mol. The largest absolute Gasteiger partial charge is 0.480 e.